The highest BCUT2D eigenvalue weighted by atomic mass is 16.5. The molecule has 2 rings (SSSR count). The molecule has 0 fully saturated rings. The molecule has 0 aliphatic carbocycles. The van der Waals surface area contributed by atoms with E-state index in [-0.39, 0.29) is 11.8 Å². The van der Waals surface area contributed by atoms with E-state index in [0.29, 0.717) is 16.9 Å². The SMILES string of the molecule is COC(=O)c1ccc(NC=CC(=O)c2ccc(OC)cc2)cc1. The van der Waals surface area contributed by atoms with Crippen molar-refractivity contribution in [3.63, 3.8) is 0 Å². The lowest BCUT2D eigenvalue weighted by molar-refractivity contribution is 0.0600. The Morgan fingerprint density at radius 1 is 0.913 bits per heavy atom. The van der Waals surface area contributed by atoms with Gasteiger partial charge in [-0.1, -0.05) is 0 Å². The minimum absolute atomic E-state index is 0.119. The quantitative estimate of drug-likeness (QED) is 0.504. The van der Waals surface area contributed by atoms with Gasteiger partial charge in [0.15, 0.2) is 5.78 Å². The van der Waals surface area contributed by atoms with Gasteiger partial charge in [0, 0.05) is 23.5 Å². The van der Waals surface area contributed by atoms with E-state index in [1.165, 1.54) is 13.2 Å². The van der Waals surface area contributed by atoms with Gasteiger partial charge in [0.1, 0.15) is 5.75 Å². The molecule has 0 amide bonds. The highest BCUT2D eigenvalue weighted by Gasteiger charge is 2.04. The summed E-state index contributed by atoms with van der Waals surface area (Å²) in [6, 6.07) is 13.6. The molecule has 0 saturated heterocycles. The van der Waals surface area contributed by atoms with Crippen molar-refractivity contribution < 1.29 is 19.1 Å². The molecule has 1 N–H and O–H groups in total. The Kier molecular flexibility index (Phi) is 5.52. The summed E-state index contributed by atoms with van der Waals surface area (Å²) >= 11 is 0. The number of anilines is 1. The van der Waals surface area contributed by atoms with Gasteiger partial charge in [-0.15, -0.1) is 0 Å². The Hall–Kier alpha value is -3.08. The summed E-state index contributed by atoms with van der Waals surface area (Å²) in [5, 5.41) is 2.97. The first-order chi connectivity index (χ1) is 11.1. The van der Waals surface area contributed by atoms with Gasteiger partial charge in [0.25, 0.3) is 0 Å². The van der Waals surface area contributed by atoms with Crippen LogP contribution in [0.2, 0.25) is 0 Å². The third kappa shape index (κ3) is 4.44. The largest absolute Gasteiger partial charge is 0.497 e. The number of ketones is 1. The first kappa shape index (κ1) is 16.3. The van der Waals surface area contributed by atoms with Crippen molar-refractivity contribution in [3.8, 4) is 5.75 Å². The zero-order chi connectivity index (χ0) is 16.7. The van der Waals surface area contributed by atoms with Crippen LogP contribution >= 0.6 is 0 Å². The lowest BCUT2D eigenvalue weighted by Crippen LogP contribution is -2.01. The molecule has 23 heavy (non-hydrogen) atoms. The predicted molar refractivity (Wildman–Crippen MR) is 87.9 cm³/mol. The molecule has 0 radical (unpaired) electrons. The minimum Gasteiger partial charge on any atom is -0.497 e. The van der Waals surface area contributed by atoms with Gasteiger partial charge >= 0.3 is 5.97 Å². The molecule has 0 aromatic heterocycles. The molecule has 0 aliphatic rings. The third-order valence-corrected chi connectivity index (χ3v) is 3.17. The minimum atomic E-state index is -0.387. The first-order valence-electron chi connectivity index (χ1n) is 6.94. The molecule has 2 aromatic rings. The second kappa shape index (κ2) is 7.79. The number of hydrogen-bond acceptors (Lipinski definition) is 5. The Bertz CT molecular complexity index is 703. The molecule has 0 unspecified atom stereocenters. The number of carbonyl (C=O) groups excluding carboxylic acids is 2. The van der Waals surface area contributed by atoms with Gasteiger partial charge in [0.2, 0.25) is 0 Å². The number of carbonyl (C=O) groups is 2. The van der Waals surface area contributed by atoms with E-state index >= 15 is 0 Å². The zero-order valence-electron chi connectivity index (χ0n) is 12.9. The molecule has 2 aromatic carbocycles. The van der Waals surface area contributed by atoms with Gasteiger partial charge in [-0.2, -0.15) is 0 Å². The number of hydrogen-bond donors (Lipinski definition) is 1. The smallest absolute Gasteiger partial charge is 0.337 e. The van der Waals surface area contributed by atoms with Gasteiger partial charge in [-0.3, -0.25) is 4.79 Å². The van der Waals surface area contributed by atoms with Crippen LogP contribution in [0.15, 0.2) is 60.8 Å². The summed E-state index contributed by atoms with van der Waals surface area (Å²) in [6.45, 7) is 0. The number of nitrogens with one attached hydrogen (secondary N) is 1. The second-order valence-electron chi connectivity index (χ2n) is 4.64. The summed E-state index contributed by atoms with van der Waals surface area (Å²) < 4.78 is 9.68. The third-order valence-electron chi connectivity index (χ3n) is 3.17. The fourth-order valence-electron chi connectivity index (χ4n) is 1.89. The summed E-state index contributed by atoms with van der Waals surface area (Å²) in [5.41, 5.74) is 1.80. The Morgan fingerprint density at radius 3 is 2.09 bits per heavy atom. The highest BCUT2D eigenvalue weighted by molar-refractivity contribution is 6.04. The van der Waals surface area contributed by atoms with Crippen LogP contribution in [0.1, 0.15) is 20.7 Å². The van der Waals surface area contributed by atoms with Crippen molar-refractivity contribution in [2.24, 2.45) is 0 Å². The zero-order valence-corrected chi connectivity index (χ0v) is 12.9. The number of esters is 1. The molecule has 0 atom stereocenters. The standard InChI is InChI=1S/C18H17NO4/c1-22-16-9-5-13(6-10-16)17(20)11-12-19-15-7-3-14(4-8-15)18(21)23-2/h3-12,19H,1-2H3. The van der Waals surface area contributed by atoms with E-state index in [0.717, 1.165) is 5.69 Å². The van der Waals surface area contributed by atoms with Crippen molar-refractivity contribution in [1.29, 1.82) is 0 Å². The van der Waals surface area contributed by atoms with Gasteiger partial charge in [0.05, 0.1) is 19.8 Å². The summed E-state index contributed by atoms with van der Waals surface area (Å²) in [7, 11) is 2.91. The normalized spacial score (nSPS) is 10.3. The van der Waals surface area contributed by atoms with E-state index < -0.39 is 0 Å². The van der Waals surface area contributed by atoms with Crippen LogP contribution in [-0.4, -0.2) is 26.0 Å². The number of rotatable bonds is 6. The molecular formula is C18H17NO4. The summed E-state index contributed by atoms with van der Waals surface area (Å²) in [5.74, 6) is 0.197. The number of methoxy groups -OCH3 is 2. The van der Waals surface area contributed by atoms with Crippen molar-refractivity contribution in [3.05, 3.63) is 71.9 Å². The van der Waals surface area contributed by atoms with Gasteiger partial charge < -0.3 is 14.8 Å². The van der Waals surface area contributed by atoms with E-state index in [1.807, 2.05) is 0 Å². The molecule has 5 nitrogen and oxygen atoms in total. The number of benzene rings is 2. The van der Waals surface area contributed by atoms with Crippen LogP contribution in [0.25, 0.3) is 0 Å². The lowest BCUT2D eigenvalue weighted by atomic mass is 10.1. The van der Waals surface area contributed by atoms with Crippen LogP contribution in [0.5, 0.6) is 5.75 Å². The molecule has 0 spiro atoms. The molecule has 0 bridgehead atoms. The van der Waals surface area contributed by atoms with Gasteiger partial charge in [-0.05, 0) is 48.5 Å². The Labute approximate surface area is 134 Å². The van der Waals surface area contributed by atoms with Crippen LogP contribution < -0.4 is 10.1 Å². The maximum absolute atomic E-state index is 12.0. The first-order valence-corrected chi connectivity index (χ1v) is 6.94. The van der Waals surface area contributed by atoms with Crippen molar-refractivity contribution in [1.82, 2.24) is 0 Å². The lowest BCUT2D eigenvalue weighted by Gasteiger charge is -2.03. The second-order valence-corrected chi connectivity index (χ2v) is 4.64. The molecule has 0 aliphatic heterocycles. The molecule has 5 heteroatoms. The summed E-state index contributed by atoms with van der Waals surface area (Å²) in [6.07, 6.45) is 3.00. The number of ether oxygens (including phenoxy) is 2. The summed E-state index contributed by atoms with van der Waals surface area (Å²) in [4.78, 5) is 23.3. The fraction of sp³-hybridized carbons (Fsp3) is 0.111. The topological polar surface area (TPSA) is 64.6 Å². The van der Waals surface area contributed by atoms with Crippen molar-refractivity contribution in [2.75, 3.05) is 19.5 Å². The van der Waals surface area contributed by atoms with Crippen LogP contribution in [0.4, 0.5) is 5.69 Å². The maximum Gasteiger partial charge on any atom is 0.337 e. The van der Waals surface area contributed by atoms with Crippen molar-refractivity contribution in [2.45, 2.75) is 0 Å². The van der Waals surface area contributed by atoms with Crippen LogP contribution in [0.3, 0.4) is 0 Å². The average molecular weight is 311 g/mol. The van der Waals surface area contributed by atoms with E-state index in [9.17, 15) is 9.59 Å². The Balaban J connectivity index is 1.95. The van der Waals surface area contributed by atoms with E-state index in [2.05, 4.69) is 10.1 Å². The molecular weight excluding hydrogens is 294 g/mol. The van der Waals surface area contributed by atoms with Gasteiger partial charge in [-0.25, -0.2) is 4.79 Å². The predicted octanol–water partition coefficient (Wildman–Crippen LogP) is 3.29. The number of allylic oxidation sites excluding steroid dienone is 1. The molecule has 118 valence electrons. The highest BCUT2D eigenvalue weighted by Crippen LogP contribution is 2.13. The molecule has 0 saturated carbocycles. The van der Waals surface area contributed by atoms with E-state index in [1.54, 1.807) is 61.8 Å². The maximum atomic E-state index is 12.0. The fourth-order valence-corrected chi connectivity index (χ4v) is 1.89. The van der Waals surface area contributed by atoms with Crippen LogP contribution in [-0.2, 0) is 4.74 Å². The monoisotopic (exact) mass is 311 g/mol. The average Bonchev–Trinajstić information content (AvgIpc) is 2.61. The van der Waals surface area contributed by atoms with Crippen molar-refractivity contribution >= 4 is 17.4 Å². The van der Waals surface area contributed by atoms with Crippen LogP contribution in [0, 0.1) is 0 Å². The Morgan fingerprint density at radius 2 is 1.52 bits per heavy atom. The van der Waals surface area contributed by atoms with E-state index in [4.69, 9.17) is 4.74 Å². The molecule has 0 heterocycles.